The molecule has 1 N–H and O–H groups in total. The molecule has 2 aromatic carbocycles. The maximum atomic E-state index is 13.6. The van der Waals surface area contributed by atoms with Gasteiger partial charge in [0.1, 0.15) is 12.4 Å². The van der Waals surface area contributed by atoms with Gasteiger partial charge in [-0.2, -0.15) is 5.10 Å². The van der Waals surface area contributed by atoms with Gasteiger partial charge in [0.05, 0.1) is 11.2 Å². The molecule has 0 saturated heterocycles. The molecule has 4 aromatic rings. The predicted octanol–water partition coefficient (Wildman–Crippen LogP) is 4.32. The van der Waals surface area contributed by atoms with Crippen molar-refractivity contribution in [3.8, 4) is 17.4 Å². The highest BCUT2D eigenvalue weighted by molar-refractivity contribution is 5.84. The van der Waals surface area contributed by atoms with Gasteiger partial charge in [-0.05, 0) is 43.7 Å². The van der Waals surface area contributed by atoms with Gasteiger partial charge in [0.25, 0.3) is 0 Å². The first kappa shape index (κ1) is 21.2. The summed E-state index contributed by atoms with van der Waals surface area (Å²) in [5.74, 6) is 1.58. The molecule has 0 saturated carbocycles. The Labute approximate surface area is 191 Å². The van der Waals surface area contributed by atoms with E-state index < -0.39 is 0 Å². The fourth-order valence-electron chi connectivity index (χ4n) is 4.02. The minimum atomic E-state index is -0.292. The lowest BCUT2D eigenvalue weighted by Crippen LogP contribution is -2.15. The monoisotopic (exact) mass is 448 g/mol. The number of pyridine rings is 1. The van der Waals surface area contributed by atoms with E-state index in [1.807, 2.05) is 42.9 Å². The summed E-state index contributed by atoms with van der Waals surface area (Å²) in [6, 6.07) is 12.2. The number of aromatic nitrogens is 3. The van der Waals surface area contributed by atoms with E-state index in [4.69, 9.17) is 19.2 Å². The molecule has 0 radical (unpaired) electrons. The van der Waals surface area contributed by atoms with Crippen molar-refractivity contribution >= 4 is 10.9 Å². The van der Waals surface area contributed by atoms with Gasteiger partial charge in [0, 0.05) is 48.4 Å². The lowest BCUT2D eigenvalue weighted by molar-refractivity contribution is 0.174. The summed E-state index contributed by atoms with van der Waals surface area (Å²) in [6.07, 6.45) is 0. The first-order chi connectivity index (χ1) is 16.0. The minimum Gasteiger partial charge on any atom is -0.473 e. The number of ether oxygens (including phenoxy) is 3. The summed E-state index contributed by atoms with van der Waals surface area (Å²) < 4.78 is 32.5. The van der Waals surface area contributed by atoms with E-state index >= 15 is 0 Å². The largest absolute Gasteiger partial charge is 0.473 e. The van der Waals surface area contributed by atoms with Crippen LogP contribution in [0, 0.1) is 19.7 Å². The molecule has 0 spiro atoms. The van der Waals surface area contributed by atoms with Crippen molar-refractivity contribution in [2.75, 3.05) is 6.79 Å². The number of hydrogen-bond acceptors (Lipinski definition) is 6. The van der Waals surface area contributed by atoms with Gasteiger partial charge in [0.15, 0.2) is 11.5 Å². The lowest BCUT2D eigenvalue weighted by atomic mass is 10.1. The zero-order valence-corrected chi connectivity index (χ0v) is 18.8. The third-order valence-corrected chi connectivity index (χ3v) is 5.89. The smallest absolute Gasteiger partial charge is 0.231 e. The van der Waals surface area contributed by atoms with E-state index in [1.165, 1.54) is 17.7 Å². The van der Waals surface area contributed by atoms with Crippen molar-refractivity contribution in [3.63, 3.8) is 0 Å². The Morgan fingerprint density at radius 1 is 1.09 bits per heavy atom. The number of fused-ring (bicyclic) bond motifs is 2. The summed E-state index contributed by atoms with van der Waals surface area (Å²) in [4.78, 5) is 4.75. The van der Waals surface area contributed by atoms with E-state index in [1.54, 1.807) is 6.07 Å². The molecule has 0 aliphatic carbocycles. The summed E-state index contributed by atoms with van der Waals surface area (Å²) in [6.45, 7) is 5.71. The average molecular weight is 448 g/mol. The molecule has 33 heavy (non-hydrogen) atoms. The number of hydrogen-bond donors (Lipinski definition) is 1. The normalized spacial score (nSPS) is 12.5. The molecule has 0 fully saturated rings. The molecular weight excluding hydrogens is 423 g/mol. The van der Waals surface area contributed by atoms with Crippen LogP contribution in [-0.2, 0) is 26.7 Å². The van der Waals surface area contributed by atoms with Crippen LogP contribution in [-0.4, -0.2) is 21.6 Å². The van der Waals surface area contributed by atoms with Crippen LogP contribution in [0.15, 0.2) is 42.5 Å². The number of nitrogens with one attached hydrogen (secondary N) is 1. The van der Waals surface area contributed by atoms with Crippen LogP contribution in [0.4, 0.5) is 4.39 Å². The van der Waals surface area contributed by atoms with Crippen molar-refractivity contribution in [1.29, 1.82) is 0 Å². The summed E-state index contributed by atoms with van der Waals surface area (Å²) in [7, 11) is 1.95. The second kappa shape index (κ2) is 8.71. The van der Waals surface area contributed by atoms with Crippen molar-refractivity contribution in [1.82, 2.24) is 20.1 Å². The number of halogens is 1. The second-order valence-corrected chi connectivity index (χ2v) is 8.15. The highest BCUT2D eigenvalue weighted by atomic mass is 19.1. The fraction of sp³-hybridized carbons (Fsp3) is 0.280. The molecule has 0 atom stereocenters. The third kappa shape index (κ3) is 4.34. The number of nitrogens with zero attached hydrogens (tertiary/aromatic N) is 3. The van der Waals surface area contributed by atoms with Crippen LogP contribution in [0.25, 0.3) is 10.9 Å². The molecule has 0 unspecified atom stereocenters. The molecule has 0 bridgehead atoms. The Morgan fingerprint density at radius 2 is 1.91 bits per heavy atom. The van der Waals surface area contributed by atoms with Crippen LogP contribution >= 0.6 is 0 Å². The van der Waals surface area contributed by atoms with Crippen molar-refractivity contribution in [2.45, 2.75) is 33.5 Å². The molecule has 1 aliphatic rings. The summed E-state index contributed by atoms with van der Waals surface area (Å²) in [5, 5.41) is 8.90. The number of rotatable bonds is 7. The number of benzene rings is 2. The Kier molecular flexibility index (Phi) is 5.60. The molecular formula is C25H25FN4O3. The average Bonchev–Trinajstić information content (AvgIpc) is 3.34. The van der Waals surface area contributed by atoms with E-state index in [0.717, 1.165) is 33.4 Å². The second-order valence-electron chi connectivity index (χ2n) is 8.15. The maximum absolute atomic E-state index is 13.6. The molecule has 2 aromatic heterocycles. The molecule has 8 heteroatoms. The highest BCUT2D eigenvalue weighted by Gasteiger charge is 2.17. The standard InChI is InChI=1S/C25H25FN4O3/c1-15-21(16(2)30(3)29-15)12-27-11-19-8-18-9-23-24(33-14-32-23)10-22(18)28-25(19)31-13-17-5-4-6-20(26)7-17/h4-10,27H,11-14H2,1-3H3. The molecule has 0 amide bonds. The topological polar surface area (TPSA) is 70.4 Å². The molecule has 170 valence electrons. The Bertz CT molecular complexity index is 1340. The van der Waals surface area contributed by atoms with Gasteiger partial charge >= 0.3 is 0 Å². The minimum absolute atomic E-state index is 0.201. The van der Waals surface area contributed by atoms with Crippen LogP contribution < -0.4 is 19.5 Å². The Balaban J connectivity index is 1.42. The van der Waals surface area contributed by atoms with Crippen LogP contribution in [0.3, 0.4) is 0 Å². The van der Waals surface area contributed by atoms with Crippen LogP contribution in [0.5, 0.6) is 17.4 Å². The quantitative estimate of drug-likeness (QED) is 0.454. The van der Waals surface area contributed by atoms with Gasteiger partial charge in [-0.3, -0.25) is 4.68 Å². The summed E-state index contributed by atoms with van der Waals surface area (Å²) in [5.41, 5.74) is 5.70. The summed E-state index contributed by atoms with van der Waals surface area (Å²) >= 11 is 0. The first-order valence-corrected chi connectivity index (χ1v) is 10.8. The molecule has 5 rings (SSSR count). The van der Waals surface area contributed by atoms with Crippen molar-refractivity contribution in [3.05, 3.63) is 76.4 Å². The molecule has 1 aliphatic heterocycles. The van der Waals surface area contributed by atoms with E-state index in [-0.39, 0.29) is 19.2 Å². The van der Waals surface area contributed by atoms with Gasteiger partial charge in [-0.15, -0.1) is 0 Å². The van der Waals surface area contributed by atoms with Crippen LogP contribution in [0.2, 0.25) is 0 Å². The Morgan fingerprint density at radius 3 is 2.67 bits per heavy atom. The van der Waals surface area contributed by atoms with E-state index in [9.17, 15) is 4.39 Å². The fourth-order valence-corrected chi connectivity index (χ4v) is 4.02. The highest BCUT2D eigenvalue weighted by Crippen LogP contribution is 2.37. The maximum Gasteiger partial charge on any atom is 0.231 e. The van der Waals surface area contributed by atoms with Gasteiger partial charge < -0.3 is 19.5 Å². The third-order valence-electron chi connectivity index (χ3n) is 5.89. The van der Waals surface area contributed by atoms with Gasteiger partial charge in [0.2, 0.25) is 12.7 Å². The Hall–Kier alpha value is -3.65. The zero-order chi connectivity index (χ0) is 22.9. The van der Waals surface area contributed by atoms with Crippen LogP contribution in [0.1, 0.15) is 28.1 Å². The number of aryl methyl sites for hydroxylation is 2. The molecule has 7 nitrogen and oxygen atoms in total. The van der Waals surface area contributed by atoms with E-state index in [0.29, 0.717) is 30.5 Å². The van der Waals surface area contributed by atoms with Gasteiger partial charge in [-0.25, -0.2) is 9.37 Å². The van der Waals surface area contributed by atoms with Gasteiger partial charge in [-0.1, -0.05) is 12.1 Å². The van der Waals surface area contributed by atoms with Crippen molar-refractivity contribution in [2.24, 2.45) is 7.05 Å². The lowest BCUT2D eigenvalue weighted by Gasteiger charge is -2.14. The molecule has 3 heterocycles. The zero-order valence-electron chi connectivity index (χ0n) is 18.8. The SMILES string of the molecule is Cc1nn(C)c(C)c1CNCc1cc2cc3c(cc2nc1OCc1cccc(F)c1)OCO3. The predicted molar refractivity (Wildman–Crippen MR) is 122 cm³/mol. The first-order valence-electron chi connectivity index (χ1n) is 10.8. The van der Waals surface area contributed by atoms with E-state index in [2.05, 4.69) is 17.3 Å². The van der Waals surface area contributed by atoms with Crippen molar-refractivity contribution < 1.29 is 18.6 Å².